The molecule has 3 heteroatoms. The second-order valence-corrected chi connectivity index (χ2v) is 5.52. The molecule has 0 aliphatic rings. The Hall–Kier alpha value is -2.21. The fourth-order valence-electron chi connectivity index (χ4n) is 2.64. The molecule has 108 valence electrons. The van der Waals surface area contributed by atoms with E-state index >= 15 is 0 Å². The van der Waals surface area contributed by atoms with Crippen LogP contribution in [-0.4, -0.2) is 4.98 Å². The van der Waals surface area contributed by atoms with E-state index in [0.717, 1.165) is 29.8 Å². The average Bonchev–Trinajstić information content (AvgIpc) is 2.47. The predicted molar refractivity (Wildman–Crippen MR) is 83.4 cm³/mol. The normalized spacial score (nSPS) is 10.5. The molecule has 0 bridgehead atoms. The molecule has 0 aliphatic carbocycles. The van der Waals surface area contributed by atoms with Gasteiger partial charge < -0.3 is 0 Å². The molecule has 2 rings (SSSR count). The van der Waals surface area contributed by atoms with E-state index in [0.29, 0.717) is 5.69 Å². The highest BCUT2D eigenvalue weighted by atomic mass is 15.0. The van der Waals surface area contributed by atoms with Crippen LogP contribution < -0.4 is 4.57 Å². The molecule has 0 fully saturated rings. The number of nitriles is 1. The van der Waals surface area contributed by atoms with E-state index in [-0.39, 0.29) is 0 Å². The predicted octanol–water partition coefficient (Wildman–Crippen LogP) is 3.42. The van der Waals surface area contributed by atoms with Crippen LogP contribution in [0.2, 0.25) is 0 Å². The van der Waals surface area contributed by atoms with E-state index in [2.05, 4.69) is 55.6 Å². The molecule has 0 N–H and O–H groups in total. The second-order valence-electron chi connectivity index (χ2n) is 5.52. The maximum absolute atomic E-state index is 9.14. The number of aryl methyl sites for hydroxylation is 2. The third-order valence-electron chi connectivity index (χ3n) is 4.19. The summed E-state index contributed by atoms with van der Waals surface area (Å²) < 4.78 is 2.17. The van der Waals surface area contributed by atoms with Gasteiger partial charge in [-0.2, -0.15) is 9.83 Å². The minimum absolute atomic E-state index is 0.468. The first-order chi connectivity index (χ1) is 9.99. The maximum Gasteiger partial charge on any atom is 0.218 e. The van der Waals surface area contributed by atoms with Crippen molar-refractivity contribution in [2.24, 2.45) is 0 Å². The summed E-state index contributed by atoms with van der Waals surface area (Å²) in [5.74, 6) is 0. The summed E-state index contributed by atoms with van der Waals surface area (Å²) in [5.41, 5.74) is 7.48. The van der Waals surface area contributed by atoms with Crippen molar-refractivity contribution in [1.29, 1.82) is 5.26 Å². The van der Waals surface area contributed by atoms with Crippen LogP contribution in [0.15, 0.2) is 18.3 Å². The molecule has 21 heavy (non-hydrogen) atoms. The van der Waals surface area contributed by atoms with Gasteiger partial charge in [-0.3, -0.25) is 0 Å². The van der Waals surface area contributed by atoms with Crippen LogP contribution in [0.4, 0.5) is 0 Å². The minimum Gasteiger partial charge on any atom is -0.242 e. The van der Waals surface area contributed by atoms with Crippen LogP contribution in [-0.2, 0) is 6.42 Å². The summed E-state index contributed by atoms with van der Waals surface area (Å²) in [6.07, 6.45) is 4.36. The van der Waals surface area contributed by atoms with Crippen LogP contribution >= 0.6 is 0 Å². The molecule has 0 aromatic carbocycles. The molecule has 0 unspecified atom stereocenters. The highest BCUT2D eigenvalue weighted by molar-refractivity contribution is 5.41. The van der Waals surface area contributed by atoms with E-state index in [4.69, 9.17) is 5.26 Å². The number of pyridine rings is 2. The van der Waals surface area contributed by atoms with Crippen molar-refractivity contribution >= 4 is 0 Å². The molecule has 2 aromatic heterocycles. The third kappa shape index (κ3) is 2.80. The maximum atomic E-state index is 9.14. The minimum atomic E-state index is 0.468. The topological polar surface area (TPSA) is 40.6 Å². The fraction of sp³-hybridized carbons (Fsp3) is 0.389. The molecule has 0 atom stereocenters. The van der Waals surface area contributed by atoms with Crippen molar-refractivity contribution < 1.29 is 4.57 Å². The van der Waals surface area contributed by atoms with Crippen LogP contribution in [0.1, 0.15) is 47.1 Å². The molecule has 0 radical (unpaired) electrons. The molecule has 2 heterocycles. The van der Waals surface area contributed by atoms with E-state index < -0.39 is 0 Å². The SMILES string of the molecule is CCCc1cc[n+](-c2cc(C#N)nc(C)c2C)c(C)c1C. The molecule has 3 nitrogen and oxygen atoms in total. The summed E-state index contributed by atoms with van der Waals surface area (Å²) in [5, 5.41) is 9.14. The standard InChI is InChI=1S/C18H22N3/c1-6-7-16-8-9-21(15(5)13(16)3)18-10-17(11-19)20-14(4)12(18)2/h8-10H,6-7H2,1-5H3/q+1. The Kier molecular flexibility index (Phi) is 4.37. The van der Waals surface area contributed by atoms with Crippen molar-refractivity contribution in [3.8, 4) is 11.8 Å². The molecule has 0 saturated carbocycles. The first-order valence-corrected chi connectivity index (χ1v) is 7.39. The Bertz CT molecular complexity index is 724. The molecule has 0 aliphatic heterocycles. The van der Waals surface area contributed by atoms with E-state index in [1.54, 1.807) is 0 Å². The number of nitrogens with zero attached hydrogens (tertiary/aromatic N) is 3. The Morgan fingerprint density at radius 2 is 1.90 bits per heavy atom. The van der Waals surface area contributed by atoms with Crippen molar-refractivity contribution in [3.63, 3.8) is 0 Å². The highest BCUT2D eigenvalue weighted by Crippen LogP contribution is 2.17. The van der Waals surface area contributed by atoms with Crippen molar-refractivity contribution in [2.75, 3.05) is 0 Å². The summed E-state index contributed by atoms with van der Waals surface area (Å²) >= 11 is 0. The van der Waals surface area contributed by atoms with Crippen molar-refractivity contribution in [3.05, 3.63) is 52.1 Å². The molecule has 0 saturated heterocycles. The average molecular weight is 280 g/mol. The van der Waals surface area contributed by atoms with Gasteiger partial charge in [0.15, 0.2) is 11.9 Å². The fourth-order valence-corrected chi connectivity index (χ4v) is 2.64. The van der Waals surface area contributed by atoms with Crippen LogP contribution in [0, 0.1) is 39.0 Å². The smallest absolute Gasteiger partial charge is 0.218 e. The molecular formula is C18H22N3+. The Morgan fingerprint density at radius 3 is 2.52 bits per heavy atom. The summed E-state index contributed by atoms with van der Waals surface area (Å²) in [6, 6.07) is 6.20. The Balaban J connectivity index is 2.66. The van der Waals surface area contributed by atoms with Crippen LogP contribution in [0.5, 0.6) is 0 Å². The molecule has 0 spiro atoms. The van der Waals surface area contributed by atoms with Gasteiger partial charge in [-0.25, -0.2) is 4.98 Å². The zero-order valence-corrected chi connectivity index (χ0v) is 13.5. The Labute approximate surface area is 126 Å². The van der Waals surface area contributed by atoms with Gasteiger partial charge in [-0.05, 0) is 32.8 Å². The second kappa shape index (κ2) is 6.05. The first-order valence-electron chi connectivity index (χ1n) is 7.39. The highest BCUT2D eigenvalue weighted by Gasteiger charge is 2.19. The van der Waals surface area contributed by atoms with Crippen LogP contribution in [0.25, 0.3) is 5.69 Å². The van der Waals surface area contributed by atoms with E-state index in [1.165, 1.54) is 16.8 Å². The number of aromatic nitrogens is 2. The molecule has 0 amide bonds. The lowest BCUT2D eigenvalue weighted by molar-refractivity contribution is -0.603. The van der Waals surface area contributed by atoms with Gasteiger partial charge in [0.2, 0.25) is 5.69 Å². The summed E-state index contributed by atoms with van der Waals surface area (Å²) in [7, 11) is 0. The number of rotatable bonds is 3. The van der Waals surface area contributed by atoms with E-state index in [9.17, 15) is 0 Å². The van der Waals surface area contributed by atoms with Crippen LogP contribution in [0.3, 0.4) is 0 Å². The zero-order chi connectivity index (χ0) is 15.6. The lowest BCUT2D eigenvalue weighted by Crippen LogP contribution is -2.36. The van der Waals surface area contributed by atoms with Gasteiger partial charge in [0.1, 0.15) is 11.8 Å². The summed E-state index contributed by atoms with van der Waals surface area (Å²) in [6.45, 7) is 10.5. The van der Waals surface area contributed by atoms with Crippen molar-refractivity contribution in [2.45, 2.75) is 47.5 Å². The van der Waals surface area contributed by atoms with Gasteiger partial charge >= 0.3 is 0 Å². The Morgan fingerprint density at radius 1 is 1.19 bits per heavy atom. The van der Waals surface area contributed by atoms with Crippen molar-refractivity contribution in [1.82, 2.24) is 4.98 Å². The first kappa shape index (κ1) is 15.2. The third-order valence-corrected chi connectivity index (χ3v) is 4.19. The lowest BCUT2D eigenvalue weighted by Gasteiger charge is -2.10. The van der Waals surface area contributed by atoms with Gasteiger partial charge in [0.25, 0.3) is 0 Å². The lowest BCUT2D eigenvalue weighted by atomic mass is 10.0. The quantitative estimate of drug-likeness (QED) is 0.808. The zero-order valence-electron chi connectivity index (χ0n) is 13.5. The van der Waals surface area contributed by atoms with Gasteiger partial charge in [-0.15, -0.1) is 0 Å². The van der Waals surface area contributed by atoms with Gasteiger partial charge in [0, 0.05) is 35.9 Å². The van der Waals surface area contributed by atoms with Gasteiger partial charge in [-0.1, -0.05) is 13.3 Å². The molecule has 2 aromatic rings. The molecular weight excluding hydrogens is 258 g/mol. The summed E-state index contributed by atoms with van der Waals surface area (Å²) in [4.78, 5) is 4.30. The number of hydrogen-bond acceptors (Lipinski definition) is 2. The number of hydrogen-bond donors (Lipinski definition) is 0. The van der Waals surface area contributed by atoms with E-state index in [1.807, 2.05) is 13.0 Å². The van der Waals surface area contributed by atoms with Gasteiger partial charge in [0.05, 0.1) is 0 Å². The largest absolute Gasteiger partial charge is 0.242 e. The monoisotopic (exact) mass is 280 g/mol.